The molecule has 1 atom stereocenters. The molecule has 1 amide bonds. The topological polar surface area (TPSA) is 83.9 Å². The van der Waals surface area contributed by atoms with Gasteiger partial charge in [-0.1, -0.05) is 36.0 Å². The van der Waals surface area contributed by atoms with Crippen LogP contribution in [-0.2, 0) is 17.8 Å². The Morgan fingerprint density at radius 3 is 3.04 bits per heavy atom. The Labute approximate surface area is 153 Å². The smallest absolute Gasteiger partial charge is 0.265 e. The van der Waals surface area contributed by atoms with Gasteiger partial charge in [-0.3, -0.25) is 19.3 Å². The molecular weight excluding hydrogens is 350 g/mol. The van der Waals surface area contributed by atoms with Crippen LogP contribution in [0.2, 0.25) is 0 Å². The molecular formula is C18H17N5O2S. The number of carbonyl (C=O) groups is 1. The number of rotatable bonds is 2. The maximum absolute atomic E-state index is 12.9. The summed E-state index contributed by atoms with van der Waals surface area (Å²) in [6, 6.07) is 8.11. The van der Waals surface area contributed by atoms with Crippen molar-refractivity contribution in [3.63, 3.8) is 0 Å². The number of thioether (sulfide) groups is 1. The fourth-order valence-electron chi connectivity index (χ4n) is 3.75. The van der Waals surface area contributed by atoms with Gasteiger partial charge in [-0.15, -0.1) is 0 Å². The first-order valence-electron chi connectivity index (χ1n) is 8.63. The average molecular weight is 367 g/mol. The highest BCUT2D eigenvalue weighted by atomic mass is 32.2. The van der Waals surface area contributed by atoms with Gasteiger partial charge in [0.25, 0.3) is 5.56 Å². The minimum absolute atomic E-state index is 0.0946. The molecule has 2 aromatic heterocycles. The summed E-state index contributed by atoms with van der Waals surface area (Å²) in [5.74, 6) is 0.787. The molecule has 0 saturated heterocycles. The molecule has 4 heterocycles. The van der Waals surface area contributed by atoms with E-state index < -0.39 is 0 Å². The minimum atomic E-state index is -0.154. The summed E-state index contributed by atoms with van der Waals surface area (Å²) in [6.07, 6.45) is 2.71. The van der Waals surface area contributed by atoms with E-state index in [1.807, 2.05) is 17.0 Å². The van der Waals surface area contributed by atoms with Crippen LogP contribution in [0.25, 0.3) is 11.0 Å². The number of aromatic nitrogens is 4. The number of nitrogens with one attached hydrogen (secondary N) is 1. The molecule has 132 valence electrons. The first-order valence-corrected chi connectivity index (χ1v) is 9.62. The van der Waals surface area contributed by atoms with Crippen molar-refractivity contribution in [1.82, 2.24) is 24.6 Å². The van der Waals surface area contributed by atoms with E-state index in [1.54, 1.807) is 4.57 Å². The highest BCUT2D eigenvalue weighted by Crippen LogP contribution is 2.33. The monoisotopic (exact) mass is 367 g/mol. The summed E-state index contributed by atoms with van der Waals surface area (Å²) in [4.78, 5) is 32.0. The van der Waals surface area contributed by atoms with Crippen LogP contribution in [-0.4, -0.2) is 42.9 Å². The molecule has 1 N–H and O–H groups in total. The predicted octanol–water partition coefficient (Wildman–Crippen LogP) is 1.74. The van der Waals surface area contributed by atoms with Gasteiger partial charge in [-0.25, -0.2) is 4.98 Å². The van der Waals surface area contributed by atoms with Crippen LogP contribution in [0.3, 0.4) is 0 Å². The molecule has 5 rings (SSSR count). The molecule has 0 saturated carbocycles. The third-order valence-electron chi connectivity index (χ3n) is 5.15. The zero-order valence-corrected chi connectivity index (χ0v) is 14.8. The van der Waals surface area contributed by atoms with Crippen molar-refractivity contribution in [2.75, 3.05) is 12.3 Å². The third-order valence-corrected chi connectivity index (χ3v) is 6.24. The maximum atomic E-state index is 12.9. The molecule has 26 heavy (non-hydrogen) atoms. The molecule has 1 aromatic carbocycles. The molecule has 0 spiro atoms. The van der Waals surface area contributed by atoms with Crippen LogP contribution in [0.15, 0.2) is 40.4 Å². The first kappa shape index (κ1) is 15.6. The van der Waals surface area contributed by atoms with E-state index in [4.69, 9.17) is 0 Å². The molecule has 1 unspecified atom stereocenters. The summed E-state index contributed by atoms with van der Waals surface area (Å²) in [5, 5.41) is 7.78. The van der Waals surface area contributed by atoms with E-state index in [0.29, 0.717) is 34.9 Å². The second kappa shape index (κ2) is 5.98. The van der Waals surface area contributed by atoms with E-state index in [0.717, 1.165) is 13.0 Å². The fourth-order valence-corrected chi connectivity index (χ4v) is 4.88. The summed E-state index contributed by atoms with van der Waals surface area (Å²) >= 11 is 1.52. The Morgan fingerprint density at radius 2 is 2.15 bits per heavy atom. The lowest BCUT2D eigenvalue weighted by atomic mass is 9.99. The van der Waals surface area contributed by atoms with E-state index in [2.05, 4.69) is 27.3 Å². The summed E-state index contributed by atoms with van der Waals surface area (Å²) in [7, 11) is 0. The second-order valence-electron chi connectivity index (χ2n) is 6.70. The van der Waals surface area contributed by atoms with Gasteiger partial charge in [0.05, 0.1) is 12.2 Å². The highest BCUT2D eigenvalue weighted by molar-refractivity contribution is 7.99. The van der Waals surface area contributed by atoms with Crippen LogP contribution >= 0.6 is 11.8 Å². The van der Waals surface area contributed by atoms with Crippen LogP contribution in [0.4, 0.5) is 0 Å². The lowest BCUT2D eigenvalue weighted by molar-refractivity contribution is -0.132. The van der Waals surface area contributed by atoms with Gasteiger partial charge in [0.15, 0.2) is 10.8 Å². The van der Waals surface area contributed by atoms with Crippen molar-refractivity contribution in [3.8, 4) is 0 Å². The largest absolute Gasteiger partial charge is 0.338 e. The second-order valence-corrected chi connectivity index (χ2v) is 7.69. The fraction of sp³-hybridized carbons (Fsp3) is 0.333. The van der Waals surface area contributed by atoms with Gasteiger partial charge in [-0.2, -0.15) is 5.10 Å². The van der Waals surface area contributed by atoms with Crippen LogP contribution in [0, 0.1) is 0 Å². The number of nitrogens with zero attached hydrogens (tertiary/aromatic N) is 4. The van der Waals surface area contributed by atoms with Crippen molar-refractivity contribution in [2.45, 2.75) is 30.6 Å². The Balaban J connectivity index is 1.39. The Bertz CT molecular complexity index is 1070. The maximum Gasteiger partial charge on any atom is 0.265 e. The van der Waals surface area contributed by atoms with Gasteiger partial charge in [-0.05, 0) is 17.5 Å². The van der Waals surface area contributed by atoms with Crippen LogP contribution in [0.5, 0.6) is 0 Å². The molecule has 2 aliphatic rings. The van der Waals surface area contributed by atoms with Crippen molar-refractivity contribution in [1.29, 1.82) is 0 Å². The number of H-pyrrole nitrogens is 1. The summed E-state index contributed by atoms with van der Waals surface area (Å²) in [5.41, 5.74) is 2.92. The minimum Gasteiger partial charge on any atom is -0.338 e. The van der Waals surface area contributed by atoms with Gasteiger partial charge < -0.3 is 4.90 Å². The number of aromatic amines is 1. The molecule has 7 nitrogen and oxygen atoms in total. The first-order chi connectivity index (χ1) is 12.7. The molecule has 2 aliphatic heterocycles. The molecule has 3 aromatic rings. The number of hydrogen-bond acceptors (Lipinski definition) is 5. The molecule has 0 bridgehead atoms. The number of carbonyl (C=O) groups excluding carboxylic acids is 1. The van der Waals surface area contributed by atoms with E-state index in [9.17, 15) is 9.59 Å². The lowest BCUT2D eigenvalue weighted by Crippen LogP contribution is -2.38. The molecule has 0 aliphatic carbocycles. The quantitative estimate of drug-likeness (QED) is 0.698. The summed E-state index contributed by atoms with van der Waals surface area (Å²) in [6.45, 7) is 1.38. The predicted molar refractivity (Wildman–Crippen MR) is 98.1 cm³/mol. The zero-order valence-electron chi connectivity index (χ0n) is 14.0. The lowest BCUT2D eigenvalue weighted by Gasteiger charge is -2.29. The van der Waals surface area contributed by atoms with Crippen molar-refractivity contribution in [2.24, 2.45) is 0 Å². The zero-order chi connectivity index (χ0) is 17.7. The molecule has 0 fully saturated rings. The van der Waals surface area contributed by atoms with E-state index in [1.165, 1.54) is 29.1 Å². The van der Waals surface area contributed by atoms with Crippen molar-refractivity contribution in [3.05, 3.63) is 51.9 Å². The average Bonchev–Trinajstić information content (AvgIpc) is 3.29. The normalized spacial score (nSPS) is 18.8. The standard InChI is InChI=1S/C18H17N5O2S/c24-15(22-6-5-11-3-1-2-4-12(11)9-22)7-13-10-26-18-20-16-14(8-19-21-16)17(25)23(13)18/h1-4,8,13H,5-7,9-10H2,(H,19,21). The van der Waals surface area contributed by atoms with Crippen molar-refractivity contribution >= 4 is 28.7 Å². The number of hydrogen-bond donors (Lipinski definition) is 1. The summed E-state index contributed by atoms with van der Waals surface area (Å²) < 4.78 is 1.66. The Hall–Kier alpha value is -2.61. The van der Waals surface area contributed by atoms with Gasteiger partial charge in [0.1, 0.15) is 5.39 Å². The van der Waals surface area contributed by atoms with Crippen molar-refractivity contribution < 1.29 is 4.79 Å². The number of fused-ring (bicyclic) bond motifs is 3. The van der Waals surface area contributed by atoms with Gasteiger partial charge >= 0.3 is 0 Å². The highest BCUT2D eigenvalue weighted by Gasteiger charge is 2.31. The Kier molecular flexibility index (Phi) is 3.59. The molecule has 8 heteroatoms. The number of amides is 1. The van der Waals surface area contributed by atoms with E-state index >= 15 is 0 Å². The number of benzene rings is 1. The Morgan fingerprint density at radius 1 is 1.31 bits per heavy atom. The third kappa shape index (κ3) is 2.44. The SMILES string of the molecule is O=C(CC1CSc2nc3[nH]ncc3c(=O)n21)N1CCc2ccccc2C1. The van der Waals surface area contributed by atoms with Gasteiger partial charge in [0.2, 0.25) is 5.91 Å². The van der Waals surface area contributed by atoms with Gasteiger partial charge in [0, 0.05) is 25.3 Å². The van der Waals surface area contributed by atoms with Crippen LogP contribution < -0.4 is 5.56 Å². The van der Waals surface area contributed by atoms with Crippen LogP contribution in [0.1, 0.15) is 23.6 Å². The van der Waals surface area contributed by atoms with E-state index in [-0.39, 0.29) is 17.5 Å². The molecule has 0 radical (unpaired) electrons.